The highest BCUT2D eigenvalue weighted by Gasteiger charge is 2.45. The van der Waals surface area contributed by atoms with Gasteiger partial charge < -0.3 is 20.2 Å². The van der Waals surface area contributed by atoms with Crippen LogP contribution in [0.2, 0.25) is 0 Å². The molecule has 38 heavy (non-hydrogen) atoms. The smallest absolute Gasteiger partial charge is 0.254 e. The second kappa shape index (κ2) is 10.8. The Balaban J connectivity index is 1.28. The molecule has 2 aliphatic carbocycles. The molecule has 0 saturated heterocycles. The van der Waals surface area contributed by atoms with Gasteiger partial charge in [-0.25, -0.2) is 8.78 Å². The minimum Gasteiger partial charge on any atom is -0.348 e. The highest BCUT2D eigenvalue weighted by molar-refractivity contribution is 7.98. The van der Waals surface area contributed by atoms with E-state index >= 15 is 0 Å². The molecule has 0 radical (unpaired) electrons. The minimum absolute atomic E-state index is 0.0385. The zero-order valence-corrected chi connectivity index (χ0v) is 23.0. The molecule has 0 atom stereocenters. The molecule has 3 aromatic rings. The number of pyridine rings is 1. The standard InChI is InChI=1S/C29H36F2N4O2S/c1-17-12-25(38-3)23(27(36)33-17)15-32-28(37)26-18(2)35(24-7-5-4-6-22(24)26)16-19-8-10-20(11-9-19)34-21-13-29(30,31)14-21/h4-7,12,19-21,34H,8-11,13-16H2,1-3H3,(H,32,37)(H,33,36). The average molecular weight is 543 g/mol. The van der Waals surface area contributed by atoms with E-state index in [-0.39, 0.29) is 36.9 Å². The number of carbonyl (C=O) groups is 1. The molecule has 2 heterocycles. The quantitative estimate of drug-likeness (QED) is 0.327. The van der Waals surface area contributed by atoms with Crippen LogP contribution in [0.15, 0.2) is 40.0 Å². The van der Waals surface area contributed by atoms with Crippen molar-refractivity contribution in [1.29, 1.82) is 0 Å². The van der Waals surface area contributed by atoms with Crippen molar-refractivity contribution < 1.29 is 13.6 Å². The largest absolute Gasteiger partial charge is 0.348 e. The zero-order chi connectivity index (χ0) is 27.0. The van der Waals surface area contributed by atoms with E-state index in [0.717, 1.165) is 59.4 Å². The van der Waals surface area contributed by atoms with Gasteiger partial charge in [-0.2, -0.15) is 0 Å². The Hall–Kier alpha value is -2.65. The van der Waals surface area contributed by atoms with Crippen molar-refractivity contribution in [2.45, 2.75) is 88.4 Å². The van der Waals surface area contributed by atoms with E-state index in [1.54, 1.807) is 0 Å². The number of amides is 1. The van der Waals surface area contributed by atoms with Gasteiger partial charge in [-0.1, -0.05) is 18.2 Å². The van der Waals surface area contributed by atoms with Gasteiger partial charge in [0.15, 0.2) is 0 Å². The van der Waals surface area contributed by atoms with Crippen LogP contribution < -0.4 is 16.2 Å². The van der Waals surface area contributed by atoms with E-state index in [9.17, 15) is 18.4 Å². The number of rotatable bonds is 8. The highest BCUT2D eigenvalue weighted by atomic mass is 32.2. The van der Waals surface area contributed by atoms with E-state index in [1.807, 2.05) is 44.4 Å². The minimum atomic E-state index is -2.49. The molecule has 5 rings (SSSR count). The first kappa shape index (κ1) is 26.9. The van der Waals surface area contributed by atoms with Crippen LogP contribution in [-0.2, 0) is 13.1 Å². The summed E-state index contributed by atoms with van der Waals surface area (Å²) in [6, 6.07) is 10.2. The first-order chi connectivity index (χ1) is 18.1. The number of hydrogen-bond donors (Lipinski definition) is 3. The summed E-state index contributed by atoms with van der Waals surface area (Å²) in [4.78, 5) is 29.7. The molecule has 3 N–H and O–H groups in total. The number of aromatic amines is 1. The van der Waals surface area contributed by atoms with Crippen molar-refractivity contribution in [1.82, 2.24) is 20.2 Å². The van der Waals surface area contributed by atoms with Gasteiger partial charge in [0, 0.05) is 70.8 Å². The van der Waals surface area contributed by atoms with Crippen molar-refractivity contribution in [3.8, 4) is 0 Å². The molecular formula is C29H36F2N4O2S. The Bertz CT molecular complexity index is 1380. The predicted molar refractivity (Wildman–Crippen MR) is 148 cm³/mol. The summed E-state index contributed by atoms with van der Waals surface area (Å²) < 4.78 is 28.6. The third kappa shape index (κ3) is 5.54. The maximum absolute atomic E-state index is 13.5. The Morgan fingerprint density at radius 3 is 2.53 bits per heavy atom. The van der Waals surface area contributed by atoms with Gasteiger partial charge in [0.05, 0.1) is 5.56 Å². The average Bonchev–Trinajstić information content (AvgIpc) is 3.14. The highest BCUT2D eigenvalue weighted by Crippen LogP contribution is 2.39. The van der Waals surface area contributed by atoms with Gasteiger partial charge in [0.25, 0.3) is 17.4 Å². The molecule has 1 aromatic carbocycles. The third-order valence-corrected chi connectivity index (χ3v) is 8.99. The fraction of sp³-hybridized carbons (Fsp3) is 0.517. The molecule has 0 aliphatic heterocycles. The summed E-state index contributed by atoms with van der Waals surface area (Å²) in [6.45, 7) is 4.82. The molecule has 0 bridgehead atoms. The normalized spacial score (nSPS) is 21.4. The molecule has 204 valence electrons. The maximum atomic E-state index is 13.5. The summed E-state index contributed by atoms with van der Waals surface area (Å²) in [6.07, 6.45) is 5.88. The lowest BCUT2D eigenvalue weighted by atomic mass is 9.82. The Morgan fingerprint density at radius 2 is 1.84 bits per heavy atom. The van der Waals surface area contributed by atoms with Gasteiger partial charge in [0.1, 0.15) is 0 Å². The lowest BCUT2D eigenvalue weighted by Gasteiger charge is -2.40. The number of benzene rings is 1. The summed E-state index contributed by atoms with van der Waals surface area (Å²) >= 11 is 1.49. The fourth-order valence-corrected chi connectivity index (χ4v) is 6.83. The van der Waals surface area contributed by atoms with E-state index in [4.69, 9.17) is 0 Å². The second-order valence-electron chi connectivity index (χ2n) is 10.9. The van der Waals surface area contributed by atoms with Crippen molar-refractivity contribution in [3.05, 3.63) is 63.2 Å². The lowest BCUT2D eigenvalue weighted by molar-refractivity contribution is -0.0956. The summed E-state index contributed by atoms with van der Waals surface area (Å²) in [5, 5.41) is 7.33. The number of nitrogens with one attached hydrogen (secondary N) is 3. The van der Waals surface area contributed by atoms with Gasteiger partial charge in [-0.05, 0) is 63.8 Å². The van der Waals surface area contributed by atoms with E-state index < -0.39 is 5.92 Å². The number of carbonyl (C=O) groups excluding carboxylic acids is 1. The number of hydrogen-bond acceptors (Lipinski definition) is 4. The third-order valence-electron chi connectivity index (χ3n) is 8.18. The van der Waals surface area contributed by atoms with Crippen molar-refractivity contribution in [3.63, 3.8) is 0 Å². The number of alkyl halides is 2. The SMILES string of the molecule is CSc1cc(C)[nH]c(=O)c1CNC(=O)c1c(C)n(CC2CCC(NC3CC(F)(F)C3)CC2)c2ccccc12. The van der Waals surface area contributed by atoms with Gasteiger partial charge >= 0.3 is 0 Å². The first-order valence-electron chi connectivity index (χ1n) is 13.4. The van der Waals surface area contributed by atoms with Gasteiger partial charge in [-0.15, -0.1) is 11.8 Å². The van der Waals surface area contributed by atoms with Crippen LogP contribution in [0.25, 0.3) is 10.9 Å². The van der Waals surface area contributed by atoms with Crippen LogP contribution in [-0.4, -0.2) is 39.7 Å². The number of aromatic nitrogens is 2. The zero-order valence-electron chi connectivity index (χ0n) is 22.2. The van der Waals surface area contributed by atoms with Crippen LogP contribution in [0, 0.1) is 19.8 Å². The number of thioether (sulfide) groups is 1. The van der Waals surface area contributed by atoms with Gasteiger partial charge in [0.2, 0.25) is 0 Å². The van der Waals surface area contributed by atoms with Crippen LogP contribution >= 0.6 is 11.8 Å². The molecular weight excluding hydrogens is 506 g/mol. The lowest BCUT2D eigenvalue weighted by Crippen LogP contribution is -2.52. The van der Waals surface area contributed by atoms with Crippen molar-refractivity contribution >= 4 is 28.6 Å². The summed E-state index contributed by atoms with van der Waals surface area (Å²) in [7, 11) is 0. The van der Waals surface area contributed by atoms with E-state index in [0.29, 0.717) is 23.1 Å². The van der Waals surface area contributed by atoms with Crippen LogP contribution in [0.1, 0.15) is 65.8 Å². The van der Waals surface area contributed by atoms with Crippen LogP contribution in [0.4, 0.5) is 8.78 Å². The Labute approximate surface area is 226 Å². The number of halogens is 2. The number of fused-ring (bicyclic) bond motifs is 1. The number of H-pyrrole nitrogens is 1. The molecule has 2 fully saturated rings. The molecule has 0 unspecified atom stereocenters. The topological polar surface area (TPSA) is 78.9 Å². The van der Waals surface area contributed by atoms with E-state index in [2.05, 4.69) is 26.3 Å². The molecule has 2 aliphatic rings. The number of aryl methyl sites for hydroxylation is 1. The first-order valence-corrected chi connectivity index (χ1v) is 14.6. The van der Waals surface area contributed by atoms with E-state index in [1.165, 1.54) is 11.8 Å². The van der Waals surface area contributed by atoms with Crippen molar-refractivity contribution in [2.75, 3.05) is 6.26 Å². The number of nitrogens with zero attached hydrogens (tertiary/aromatic N) is 1. The second-order valence-corrected chi connectivity index (χ2v) is 11.8. The molecule has 1 amide bonds. The molecule has 2 aromatic heterocycles. The summed E-state index contributed by atoms with van der Waals surface area (Å²) in [5.41, 5.74) is 3.78. The number of para-hydroxylation sites is 1. The molecule has 0 spiro atoms. The summed E-state index contributed by atoms with van der Waals surface area (Å²) in [5.74, 6) is -2.20. The van der Waals surface area contributed by atoms with Gasteiger partial charge in [-0.3, -0.25) is 9.59 Å². The Kier molecular flexibility index (Phi) is 7.69. The molecule has 6 nitrogen and oxygen atoms in total. The fourth-order valence-electron chi connectivity index (χ4n) is 6.13. The molecule has 2 saturated carbocycles. The Morgan fingerprint density at radius 1 is 1.13 bits per heavy atom. The van der Waals surface area contributed by atoms with Crippen molar-refractivity contribution in [2.24, 2.45) is 5.92 Å². The molecule has 9 heteroatoms. The van der Waals surface area contributed by atoms with Crippen LogP contribution in [0.5, 0.6) is 0 Å². The van der Waals surface area contributed by atoms with Crippen LogP contribution in [0.3, 0.4) is 0 Å². The predicted octanol–water partition coefficient (Wildman–Crippen LogP) is 5.54. The monoisotopic (exact) mass is 542 g/mol. The maximum Gasteiger partial charge on any atom is 0.254 e.